The molecule has 98 valence electrons. The molecule has 1 aliphatic rings. The molecule has 0 bridgehead atoms. The second-order valence-electron chi connectivity index (χ2n) is 5.06. The Hall–Kier alpha value is -1.39. The molecule has 4 nitrogen and oxygen atoms in total. The van der Waals surface area contributed by atoms with E-state index in [9.17, 15) is 9.90 Å². The standard InChI is InChI=1S/C14H19NO3/c16-13(17)10-14(18)6-8-15(9-7-14)11-12-4-2-1-3-5-12/h1-5,18H,6-11H2,(H,16,17). The zero-order chi connectivity index (χ0) is 13.0. The van der Waals surface area contributed by atoms with Crippen molar-refractivity contribution in [3.63, 3.8) is 0 Å². The van der Waals surface area contributed by atoms with Crippen LogP contribution in [-0.2, 0) is 11.3 Å². The Balaban J connectivity index is 1.85. The van der Waals surface area contributed by atoms with Crippen LogP contribution in [0, 0.1) is 0 Å². The van der Waals surface area contributed by atoms with Gasteiger partial charge in [0.05, 0.1) is 12.0 Å². The topological polar surface area (TPSA) is 60.8 Å². The van der Waals surface area contributed by atoms with Gasteiger partial charge in [-0.3, -0.25) is 9.69 Å². The van der Waals surface area contributed by atoms with Crippen LogP contribution in [0.4, 0.5) is 0 Å². The summed E-state index contributed by atoms with van der Waals surface area (Å²) in [5, 5.41) is 18.9. The lowest BCUT2D eigenvalue weighted by Crippen LogP contribution is -2.45. The molecular formula is C14H19NO3. The molecule has 0 unspecified atom stereocenters. The number of aliphatic carboxylic acids is 1. The van der Waals surface area contributed by atoms with Crippen LogP contribution in [0.15, 0.2) is 30.3 Å². The first-order valence-corrected chi connectivity index (χ1v) is 6.28. The number of hydrogen-bond donors (Lipinski definition) is 2. The van der Waals surface area contributed by atoms with Gasteiger partial charge in [-0.05, 0) is 18.4 Å². The average molecular weight is 249 g/mol. The average Bonchev–Trinajstić information content (AvgIpc) is 2.33. The first kappa shape index (κ1) is 13.1. The molecule has 0 saturated carbocycles. The summed E-state index contributed by atoms with van der Waals surface area (Å²) in [6, 6.07) is 10.2. The minimum atomic E-state index is -1.01. The smallest absolute Gasteiger partial charge is 0.306 e. The summed E-state index contributed by atoms with van der Waals surface area (Å²) in [4.78, 5) is 12.9. The molecule has 0 radical (unpaired) electrons. The molecule has 1 saturated heterocycles. The fourth-order valence-corrected chi connectivity index (χ4v) is 2.43. The third-order valence-corrected chi connectivity index (χ3v) is 3.52. The van der Waals surface area contributed by atoms with E-state index in [4.69, 9.17) is 5.11 Å². The lowest BCUT2D eigenvalue weighted by atomic mass is 9.88. The Kier molecular flexibility index (Phi) is 3.99. The number of carboxylic acid groups (broad SMARTS) is 1. The second kappa shape index (κ2) is 5.50. The van der Waals surface area contributed by atoms with Gasteiger partial charge in [0, 0.05) is 19.6 Å². The van der Waals surface area contributed by atoms with Crippen molar-refractivity contribution in [2.75, 3.05) is 13.1 Å². The van der Waals surface area contributed by atoms with E-state index in [0.717, 1.165) is 19.6 Å². The first-order chi connectivity index (χ1) is 8.57. The zero-order valence-corrected chi connectivity index (χ0v) is 10.4. The van der Waals surface area contributed by atoms with Gasteiger partial charge < -0.3 is 10.2 Å². The van der Waals surface area contributed by atoms with Gasteiger partial charge in [-0.15, -0.1) is 0 Å². The number of nitrogens with zero attached hydrogens (tertiary/aromatic N) is 1. The Labute approximate surface area is 107 Å². The van der Waals surface area contributed by atoms with Crippen LogP contribution in [0.2, 0.25) is 0 Å². The van der Waals surface area contributed by atoms with Gasteiger partial charge in [-0.2, -0.15) is 0 Å². The van der Waals surface area contributed by atoms with Gasteiger partial charge in [-0.25, -0.2) is 0 Å². The van der Waals surface area contributed by atoms with Crippen molar-refractivity contribution in [1.29, 1.82) is 0 Å². The molecule has 1 aromatic carbocycles. The zero-order valence-electron chi connectivity index (χ0n) is 10.4. The fourth-order valence-electron chi connectivity index (χ4n) is 2.43. The predicted molar refractivity (Wildman–Crippen MR) is 68.2 cm³/mol. The molecule has 0 aromatic heterocycles. The van der Waals surface area contributed by atoms with Gasteiger partial charge in [0.1, 0.15) is 0 Å². The van der Waals surface area contributed by atoms with Crippen LogP contribution in [0.1, 0.15) is 24.8 Å². The molecule has 2 rings (SSSR count). The molecule has 1 heterocycles. The van der Waals surface area contributed by atoms with E-state index in [-0.39, 0.29) is 6.42 Å². The number of aliphatic hydroxyl groups is 1. The van der Waals surface area contributed by atoms with Crippen LogP contribution in [0.3, 0.4) is 0 Å². The maximum Gasteiger partial charge on any atom is 0.306 e. The van der Waals surface area contributed by atoms with E-state index < -0.39 is 11.6 Å². The summed E-state index contributed by atoms with van der Waals surface area (Å²) < 4.78 is 0. The number of piperidine rings is 1. The number of rotatable bonds is 4. The number of hydrogen-bond acceptors (Lipinski definition) is 3. The highest BCUT2D eigenvalue weighted by atomic mass is 16.4. The van der Waals surface area contributed by atoms with Crippen molar-refractivity contribution < 1.29 is 15.0 Å². The van der Waals surface area contributed by atoms with E-state index in [0.29, 0.717) is 12.8 Å². The summed E-state index contributed by atoms with van der Waals surface area (Å²) in [5.41, 5.74) is 0.236. The molecule has 0 atom stereocenters. The lowest BCUT2D eigenvalue weighted by molar-refractivity contribution is -0.144. The van der Waals surface area contributed by atoms with Crippen molar-refractivity contribution in [1.82, 2.24) is 4.90 Å². The summed E-state index contributed by atoms with van der Waals surface area (Å²) in [7, 11) is 0. The van der Waals surface area contributed by atoms with Crippen LogP contribution in [0.25, 0.3) is 0 Å². The Morgan fingerprint density at radius 1 is 1.22 bits per heavy atom. The maximum atomic E-state index is 10.7. The van der Waals surface area contributed by atoms with E-state index in [1.54, 1.807) is 0 Å². The second-order valence-corrected chi connectivity index (χ2v) is 5.06. The Morgan fingerprint density at radius 2 is 1.83 bits per heavy atom. The monoisotopic (exact) mass is 249 g/mol. The van der Waals surface area contributed by atoms with Crippen molar-refractivity contribution in [3.8, 4) is 0 Å². The molecular weight excluding hydrogens is 230 g/mol. The van der Waals surface area contributed by atoms with Crippen molar-refractivity contribution in [2.45, 2.75) is 31.4 Å². The van der Waals surface area contributed by atoms with Crippen LogP contribution in [-0.4, -0.2) is 39.8 Å². The predicted octanol–water partition coefficient (Wildman–Crippen LogP) is 1.49. The van der Waals surface area contributed by atoms with Gasteiger partial charge in [0.25, 0.3) is 0 Å². The molecule has 1 fully saturated rings. The SMILES string of the molecule is O=C(O)CC1(O)CCN(Cc2ccccc2)CC1. The third kappa shape index (κ3) is 3.55. The molecule has 18 heavy (non-hydrogen) atoms. The summed E-state index contributed by atoms with van der Waals surface area (Å²) in [6.45, 7) is 2.36. The minimum absolute atomic E-state index is 0.147. The number of likely N-dealkylation sites (tertiary alicyclic amines) is 1. The van der Waals surface area contributed by atoms with Crippen LogP contribution >= 0.6 is 0 Å². The van der Waals surface area contributed by atoms with Crippen LogP contribution in [0.5, 0.6) is 0 Å². The normalized spacial score (nSPS) is 19.6. The molecule has 0 aliphatic carbocycles. The minimum Gasteiger partial charge on any atom is -0.481 e. The Bertz CT molecular complexity index is 397. The highest BCUT2D eigenvalue weighted by Gasteiger charge is 2.34. The fraction of sp³-hybridized carbons (Fsp3) is 0.500. The van der Waals surface area contributed by atoms with Gasteiger partial charge in [-0.1, -0.05) is 30.3 Å². The largest absolute Gasteiger partial charge is 0.481 e. The van der Waals surface area contributed by atoms with Crippen LogP contribution < -0.4 is 0 Å². The van der Waals surface area contributed by atoms with Gasteiger partial charge >= 0.3 is 5.97 Å². The summed E-state index contributed by atoms with van der Waals surface area (Å²) >= 11 is 0. The molecule has 2 N–H and O–H groups in total. The summed E-state index contributed by atoms with van der Waals surface area (Å²) in [6.07, 6.45) is 0.921. The molecule has 0 amide bonds. The molecule has 4 heteroatoms. The first-order valence-electron chi connectivity index (χ1n) is 6.28. The number of benzene rings is 1. The van der Waals surface area contributed by atoms with Gasteiger partial charge in [0.2, 0.25) is 0 Å². The number of carboxylic acids is 1. The summed E-state index contributed by atoms with van der Waals surface area (Å²) in [5.74, 6) is -0.922. The highest BCUT2D eigenvalue weighted by molar-refractivity contribution is 5.68. The van der Waals surface area contributed by atoms with Crippen molar-refractivity contribution >= 4 is 5.97 Å². The quantitative estimate of drug-likeness (QED) is 0.848. The van der Waals surface area contributed by atoms with E-state index in [2.05, 4.69) is 17.0 Å². The van der Waals surface area contributed by atoms with Gasteiger partial charge in [0.15, 0.2) is 0 Å². The van der Waals surface area contributed by atoms with Crippen molar-refractivity contribution in [3.05, 3.63) is 35.9 Å². The Morgan fingerprint density at radius 3 is 2.39 bits per heavy atom. The van der Waals surface area contributed by atoms with E-state index in [1.165, 1.54) is 5.56 Å². The maximum absolute atomic E-state index is 10.7. The molecule has 1 aliphatic heterocycles. The third-order valence-electron chi connectivity index (χ3n) is 3.52. The molecule has 1 aromatic rings. The number of carbonyl (C=O) groups is 1. The van der Waals surface area contributed by atoms with Crippen molar-refractivity contribution in [2.24, 2.45) is 0 Å². The highest BCUT2D eigenvalue weighted by Crippen LogP contribution is 2.26. The van der Waals surface area contributed by atoms with E-state index >= 15 is 0 Å². The molecule has 0 spiro atoms. The lowest BCUT2D eigenvalue weighted by Gasteiger charge is -2.37. The van der Waals surface area contributed by atoms with E-state index in [1.807, 2.05) is 18.2 Å².